The van der Waals surface area contributed by atoms with E-state index in [9.17, 15) is 0 Å². The highest BCUT2D eigenvalue weighted by atomic mass is 16.5. The zero-order chi connectivity index (χ0) is 14.5. The molecule has 0 fully saturated rings. The van der Waals surface area contributed by atoms with E-state index < -0.39 is 0 Å². The van der Waals surface area contributed by atoms with E-state index in [1.165, 1.54) is 7.11 Å². The Balaban J connectivity index is 2.43. The van der Waals surface area contributed by atoms with Crippen molar-refractivity contribution in [3.8, 4) is 22.6 Å². The SMILES string of the molecule is COC(=N)c1cccc(-c2ccc(OC)c(OC)c2)c1. The molecule has 1 N–H and O–H groups in total. The van der Waals surface area contributed by atoms with Gasteiger partial charge in [0, 0.05) is 5.56 Å². The number of hydrogen-bond acceptors (Lipinski definition) is 4. The predicted octanol–water partition coefficient (Wildman–Crippen LogP) is 3.34. The molecule has 4 nitrogen and oxygen atoms in total. The van der Waals surface area contributed by atoms with Gasteiger partial charge in [0.15, 0.2) is 11.5 Å². The Hall–Kier alpha value is -2.49. The maximum absolute atomic E-state index is 7.71. The van der Waals surface area contributed by atoms with Gasteiger partial charge in [-0.1, -0.05) is 18.2 Å². The molecule has 0 aromatic heterocycles. The van der Waals surface area contributed by atoms with Crippen LogP contribution in [0.15, 0.2) is 42.5 Å². The Bertz CT molecular complexity index is 623. The van der Waals surface area contributed by atoms with Gasteiger partial charge >= 0.3 is 0 Å². The summed E-state index contributed by atoms with van der Waals surface area (Å²) in [5, 5.41) is 7.71. The first-order chi connectivity index (χ1) is 9.69. The van der Waals surface area contributed by atoms with Crippen molar-refractivity contribution < 1.29 is 14.2 Å². The average molecular weight is 271 g/mol. The van der Waals surface area contributed by atoms with Crippen LogP contribution >= 0.6 is 0 Å². The predicted molar refractivity (Wildman–Crippen MR) is 78.8 cm³/mol. The van der Waals surface area contributed by atoms with Crippen LogP contribution in [-0.4, -0.2) is 27.2 Å². The van der Waals surface area contributed by atoms with Gasteiger partial charge in [-0.3, -0.25) is 5.41 Å². The Morgan fingerprint density at radius 1 is 0.850 bits per heavy atom. The number of benzene rings is 2. The summed E-state index contributed by atoms with van der Waals surface area (Å²) in [4.78, 5) is 0. The van der Waals surface area contributed by atoms with E-state index in [1.54, 1.807) is 14.2 Å². The molecule has 0 saturated heterocycles. The molecule has 2 rings (SSSR count). The molecule has 2 aromatic carbocycles. The summed E-state index contributed by atoms with van der Waals surface area (Å²) < 4.78 is 15.5. The summed E-state index contributed by atoms with van der Waals surface area (Å²) >= 11 is 0. The van der Waals surface area contributed by atoms with Crippen molar-refractivity contribution >= 4 is 5.90 Å². The molecule has 0 saturated carbocycles. The molecule has 0 heterocycles. The van der Waals surface area contributed by atoms with Crippen LogP contribution in [0.1, 0.15) is 5.56 Å². The van der Waals surface area contributed by atoms with Gasteiger partial charge in [-0.2, -0.15) is 0 Å². The molecule has 0 bridgehead atoms. The van der Waals surface area contributed by atoms with E-state index in [0.29, 0.717) is 11.5 Å². The second-order valence-electron chi connectivity index (χ2n) is 4.18. The smallest absolute Gasteiger partial charge is 0.212 e. The fourth-order valence-electron chi connectivity index (χ4n) is 1.97. The largest absolute Gasteiger partial charge is 0.493 e. The molecule has 0 aliphatic carbocycles. The number of nitrogens with one attached hydrogen (secondary N) is 1. The molecule has 0 amide bonds. The van der Waals surface area contributed by atoms with Crippen molar-refractivity contribution in [2.45, 2.75) is 0 Å². The average Bonchev–Trinajstić information content (AvgIpc) is 2.53. The normalized spacial score (nSPS) is 9.95. The van der Waals surface area contributed by atoms with Gasteiger partial charge in [0.2, 0.25) is 5.90 Å². The zero-order valence-electron chi connectivity index (χ0n) is 11.8. The van der Waals surface area contributed by atoms with Crippen LogP contribution in [0.25, 0.3) is 11.1 Å². The highest BCUT2D eigenvalue weighted by Gasteiger charge is 2.08. The van der Waals surface area contributed by atoms with Gasteiger partial charge in [0.1, 0.15) is 0 Å². The molecule has 0 radical (unpaired) electrons. The van der Waals surface area contributed by atoms with Crippen molar-refractivity contribution in [1.82, 2.24) is 0 Å². The third kappa shape index (κ3) is 2.74. The number of rotatable bonds is 4. The van der Waals surface area contributed by atoms with Gasteiger partial charge in [-0.25, -0.2) is 0 Å². The van der Waals surface area contributed by atoms with E-state index in [2.05, 4.69) is 0 Å². The minimum absolute atomic E-state index is 0.146. The summed E-state index contributed by atoms with van der Waals surface area (Å²) in [5.41, 5.74) is 2.72. The summed E-state index contributed by atoms with van der Waals surface area (Å²) in [6.45, 7) is 0. The van der Waals surface area contributed by atoms with Crippen LogP contribution in [-0.2, 0) is 4.74 Å². The van der Waals surface area contributed by atoms with E-state index in [-0.39, 0.29) is 5.90 Å². The van der Waals surface area contributed by atoms with Crippen molar-refractivity contribution in [1.29, 1.82) is 5.41 Å². The monoisotopic (exact) mass is 271 g/mol. The maximum Gasteiger partial charge on any atom is 0.212 e. The van der Waals surface area contributed by atoms with E-state index in [4.69, 9.17) is 19.6 Å². The molecule has 20 heavy (non-hydrogen) atoms. The molecule has 2 aromatic rings. The molecule has 0 unspecified atom stereocenters. The Morgan fingerprint density at radius 3 is 2.20 bits per heavy atom. The maximum atomic E-state index is 7.71. The van der Waals surface area contributed by atoms with Gasteiger partial charge in [0.05, 0.1) is 21.3 Å². The molecule has 0 atom stereocenters. The fourth-order valence-corrected chi connectivity index (χ4v) is 1.97. The molecule has 104 valence electrons. The minimum atomic E-state index is 0.146. The third-order valence-corrected chi connectivity index (χ3v) is 3.05. The lowest BCUT2D eigenvalue weighted by Gasteiger charge is -2.10. The van der Waals surface area contributed by atoms with Crippen LogP contribution in [0, 0.1) is 5.41 Å². The highest BCUT2D eigenvalue weighted by molar-refractivity contribution is 5.93. The number of ether oxygens (including phenoxy) is 3. The van der Waals surface area contributed by atoms with Gasteiger partial charge in [0.25, 0.3) is 0 Å². The van der Waals surface area contributed by atoms with Crippen molar-refractivity contribution in [2.75, 3.05) is 21.3 Å². The van der Waals surface area contributed by atoms with Crippen LogP contribution in [0.4, 0.5) is 0 Å². The lowest BCUT2D eigenvalue weighted by molar-refractivity contribution is 0.355. The second kappa shape index (κ2) is 6.10. The summed E-state index contributed by atoms with van der Waals surface area (Å²) in [7, 11) is 4.71. The van der Waals surface area contributed by atoms with Gasteiger partial charge in [-0.05, 0) is 35.4 Å². The molecule has 4 heteroatoms. The highest BCUT2D eigenvalue weighted by Crippen LogP contribution is 2.32. The summed E-state index contributed by atoms with van der Waals surface area (Å²) in [6.07, 6.45) is 0. The molecular formula is C16H17NO3. The molecule has 0 aliphatic rings. The van der Waals surface area contributed by atoms with Crippen molar-refractivity contribution in [2.24, 2.45) is 0 Å². The number of methoxy groups -OCH3 is 3. The molecular weight excluding hydrogens is 254 g/mol. The first kappa shape index (κ1) is 13.9. The minimum Gasteiger partial charge on any atom is -0.493 e. The molecule has 0 aliphatic heterocycles. The van der Waals surface area contributed by atoms with E-state index in [1.807, 2.05) is 42.5 Å². The zero-order valence-corrected chi connectivity index (χ0v) is 11.8. The topological polar surface area (TPSA) is 51.5 Å². The van der Waals surface area contributed by atoms with Crippen molar-refractivity contribution in [3.05, 3.63) is 48.0 Å². The Kier molecular flexibility index (Phi) is 4.25. The van der Waals surface area contributed by atoms with Crippen LogP contribution in [0.2, 0.25) is 0 Å². The fraction of sp³-hybridized carbons (Fsp3) is 0.188. The lowest BCUT2D eigenvalue weighted by Crippen LogP contribution is -2.00. The van der Waals surface area contributed by atoms with Gasteiger partial charge in [-0.15, -0.1) is 0 Å². The van der Waals surface area contributed by atoms with Crippen LogP contribution in [0.5, 0.6) is 11.5 Å². The van der Waals surface area contributed by atoms with Crippen molar-refractivity contribution in [3.63, 3.8) is 0 Å². The summed E-state index contributed by atoms with van der Waals surface area (Å²) in [5.74, 6) is 1.52. The number of hydrogen-bond donors (Lipinski definition) is 1. The Labute approximate surface area is 118 Å². The van der Waals surface area contributed by atoms with Crippen LogP contribution < -0.4 is 9.47 Å². The molecule has 0 spiro atoms. The first-order valence-electron chi connectivity index (χ1n) is 6.15. The van der Waals surface area contributed by atoms with Gasteiger partial charge < -0.3 is 14.2 Å². The lowest BCUT2D eigenvalue weighted by atomic mass is 10.0. The Morgan fingerprint density at radius 2 is 1.55 bits per heavy atom. The van der Waals surface area contributed by atoms with Crippen LogP contribution in [0.3, 0.4) is 0 Å². The second-order valence-corrected chi connectivity index (χ2v) is 4.18. The third-order valence-electron chi connectivity index (χ3n) is 3.05. The summed E-state index contributed by atoms with van der Waals surface area (Å²) in [6, 6.07) is 13.4. The van der Waals surface area contributed by atoms with E-state index in [0.717, 1.165) is 16.7 Å². The quantitative estimate of drug-likeness (QED) is 0.685. The van der Waals surface area contributed by atoms with E-state index >= 15 is 0 Å². The first-order valence-corrected chi connectivity index (χ1v) is 6.15. The standard InChI is InChI=1S/C16H17NO3/c1-18-14-8-7-12(10-15(14)19-2)11-5-4-6-13(9-11)16(17)20-3/h4-10,17H,1-3H3.